The molecule has 1 aliphatic heterocycles. The molecule has 3 atom stereocenters. The number of likely N-dealkylation sites (tertiary alicyclic amines) is 1. The molecule has 1 N–H and O–H groups in total. The topological polar surface area (TPSA) is 23.5 Å². The van der Waals surface area contributed by atoms with Crippen LogP contribution in [-0.2, 0) is 0 Å². The van der Waals surface area contributed by atoms with Crippen molar-refractivity contribution < 1.29 is 5.11 Å². The van der Waals surface area contributed by atoms with Crippen molar-refractivity contribution in [3.8, 4) is 0 Å². The van der Waals surface area contributed by atoms with Gasteiger partial charge in [-0.15, -0.1) is 0 Å². The molecule has 0 amide bonds. The van der Waals surface area contributed by atoms with Gasteiger partial charge in [-0.25, -0.2) is 0 Å². The van der Waals surface area contributed by atoms with Gasteiger partial charge in [0.1, 0.15) is 0 Å². The van der Waals surface area contributed by atoms with Crippen LogP contribution in [0, 0.1) is 5.92 Å². The summed E-state index contributed by atoms with van der Waals surface area (Å²) in [5.74, 6) is 0.783. The third-order valence-corrected chi connectivity index (χ3v) is 2.74. The van der Waals surface area contributed by atoms with Crippen molar-refractivity contribution in [3.05, 3.63) is 0 Å². The average molecular weight is 157 g/mol. The summed E-state index contributed by atoms with van der Waals surface area (Å²) in [5.41, 5.74) is 0. The lowest BCUT2D eigenvalue weighted by Gasteiger charge is -2.37. The summed E-state index contributed by atoms with van der Waals surface area (Å²) < 4.78 is 0. The van der Waals surface area contributed by atoms with Gasteiger partial charge in [-0.2, -0.15) is 0 Å². The van der Waals surface area contributed by atoms with Gasteiger partial charge in [-0.3, -0.25) is 0 Å². The van der Waals surface area contributed by atoms with Crippen molar-refractivity contribution in [2.75, 3.05) is 13.6 Å². The lowest BCUT2D eigenvalue weighted by molar-refractivity contribution is 0.0371. The summed E-state index contributed by atoms with van der Waals surface area (Å²) in [7, 11) is 2.10. The van der Waals surface area contributed by atoms with E-state index in [0.29, 0.717) is 6.04 Å². The third-order valence-electron chi connectivity index (χ3n) is 2.74. The van der Waals surface area contributed by atoms with Crippen LogP contribution in [0.4, 0.5) is 0 Å². The van der Waals surface area contributed by atoms with Gasteiger partial charge in [-0.1, -0.05) is 6.92 Å². The Labute approximate surface area is 69.2 Å². The van der Waals surface area contributed by atoms with Crippen molar-refractivity contribution in [2.24, 2.45) is 5.92 Å². The highest BCUT2D eigenvalue weighted by Gasteiger charge is 2.26. The zero-order valence-corrected chi connectivity index (χ0v) is 7.75. The third kappa shape index (κ3) is 2.17. The predicted octanol–water partition coefficient (Wildman–Crippen LogP) is 1.10. The number of nitrogens with zero attached hydrogens (tertiary/aromatic N) is 1. The summed E-state index contributed by atoms with van der Waals surface area (Å²) >= 11 is 0. The molecule has 1 heterocycles. The Kier molecular flexibility index (Phi) is 2.90. The molecular formula is C9H19NO. The van der Waals surface area contributed by atoms with Gasteiger partial charge in [0.15, 0.2) is 0 Å². The molecule has 2 nitrogen and oxygen atoms in total. The summed E-state index contributed by atoms with van der Waals surface area (Å²) in [4.78, 5) is 2.27. The zero-order valence-electron chi connectivity index (χ0n) is 7.75. The number of aliphatic hydroxyl groups excluding tert-OH is 1. The molecular weight excluding hydrogens is 138 g/mol. The molecule has 3 unspecified atom stereocenters. The van der Waals surface area contributed by atoms with E-state index in [1.54, 1.807) is 0 Å². The molecule has 0 aromatic rings. The van der Waals surface area contributed by atoms with Crippen LogP contribution in [0.2, 0.25) is 0 Å². The molecule has 11 heavy (non-hydrogen) atoms. The Hall–Kier alpha value is -0.0800. The van der Waals surface area contributed by atoms with Crippen molar-refractivity contribution in [3.63, 3.8) is 0 Å². The maximum absolute atomic E-state index is 9.42. The van der Waals surface area contributed by atoms with E-state index in [2.05, 4.69) is 18.9 Å². The van der Waals surface area contributed by atoms with Gasteiger partial charge >= 0.3 is 0 Å². The predicted molar refractivity (Wildman–Crippen MR) is 46.5 cm³/mol. The van der Waals surface area contributed by atoms with Gasteiger partial charge in [0.2, 0.25) is 0 Å². The first-order chi connectivity index (χ1) is 5.11. The monoisotopic (exact) mass is 157 g/mol. The largest absolute Gasteiger partial charge is 0.392 e. The fraction of sp³-hybridized carbons (Fsp3) is 1.00. The quantitative estimate of drug-likeness (QED) is 0.616. The molecule has 66 valence electrons. The van der Waals surface area contributed by atoms with Crippen molar-refractivity contribution >= 4 is 0 Å². The minimum Gasteiger partial charge on any atom is -0.392 e. The molecule has 1 aliphatic rings. The highest BCUT2D eigenvalue weighted by atomic mass is 16.3. The molecule has 0 aromatic carbocycles. The minimum atomic E-state index is -0.178. The van der Waals surface area contributed by atoms with Crippen LogP contribution in [0.15, 0.2) is 0 Å². The van der Waals surface area contributed by atoms with Gasteiger partial charge in [0.25, 0.3) is 0 Å². The average Bonchev–Trinajstić information content (AvgIpc) is 1.94. The molecule has 0 aliphatic carbocycles. The number of piperidine rings is 1. The second-order valence-corrected chi connectivity index (χ2v) is 3.92. The minimum absolute atomic E-state index is 0.178. The fourth-order valence-electron chi connectivity index (χ4n) is 1.87. The van der Waals surface area contributed by atoms with Crippen LogP contribution in [0.25, 0.3) is 0 Å². The van der Waals surface area contributed by atoms with E-state index < -0.39 is 0 Å². The maximum Gasteiger partial charge on any atom is 0.0667 e. The van der Waals surface area contributed by atoms with Crippen LogP contribution in [0.1, 0.15) is 26.7 Å². The Bertz CT molecular complexity index is 125. The molecule has 1 rings (SSSR count). The molecule has 0 radical (unpaired) electrons. The fourth-order valence-corrected chi connectivity index (χ4v) is 1.87. The summed E-state index contributed by atoms with van der Waals surface area (Å²) in [6, 6.07) is 0.388. The zero-order chi connectivity index (χ0) is 8.43. The van der Waals surface area contributed by atoms with Crippen LogP contribution in [-0.4, -0.2) is 35.7 Å². The van der Waals surface area contributed by atoms with Gasteiger partial charge in [0.05, 0.1) is 6.10 Å². The van der Waals surface area contributed by atoms with E-state index >= 15 is 0 Å². The normalized spacial score (nSPS) is 37.1. The van der Waals surface area contributed by atoms with E-state index in [1.807, 2.05) is 6.92 Å². The molecule has 0 aromatic heterocycles. The highest BCUT2D eigenvalue weighted by Crippen LogP contribution is 2.22. The molecule has 0 bridgehead atoms. The van der Waals surface area contributed by atoms with E-state index in [9.17, 15) is 5.11 Å². The SMILES string of the molecule is CC1CCN(C)C(C(C)O)C1. The van der Waals surface area contributed by atoms with Gasteiger partial charge in [0, 0.05) is 6.04 Å². The second kappa shape index (κ2) is 3.55. The summed E-state index contributed by atoms with van der Waals surface area (Å²) in [5, 5.41) is 9.42. The highest BCUT2D eigenvalue weighted by molar-refractivity contribution is 4.81. The lowest BCUT2D eigenvalue weighted by atomic mass is 9.90. The summed E-state index contributed by atoms with van der Waals surface area (Å²) in [6.07, 6.45) is 2.25. The first-order valence-electron chi connectivity index (χ1n) is 4.49. The van der Waals surface area contributed by atoms with Gasteiger partial charge < -0.3 is 10.0 Å². The van der Waals surface area contributed by atoms with Gasteiger partial charge in [-0.05, 0) is 39.3 Å². The smallest absolute Gasteiger partial charge is 0.0667 e. The number of aliphatic hydroxyl groups is 1. The molecule has 0 spiro atoms. The van der Waals surface area contributed by atoms with Crippen LogP contribution in [0.5, 0.6) is 0 Å². The Morgan fingerprint density at radius 1 is 1.55 bits per heavy atom. The molecule has 1 saturated heterocycles. The van der Waals surface area contributed by atoms with Crippen LogP contribution < -0.4 is 0 Å². The Balaban J connectivity index is 2.47. The van der Waals surface area contributed by atoms with Crippen LogP contribution in [0.3, 0.4) is 0 Å². The Morgan fingerprint density at radius 2 is 2.18 bits per heavy atom. The second-order valence-electron chi connectivity index (χ2n) is 3.92. The molecule has 2 heteroatoms. The molecule has 1 fully saturated rings. The maximum atomic E-state index is 9.42. The number of hydrogen-bond acceptors (Lipinski definition) is 2. The number of hydrogen-bond donors (Lipinski definition) is 1. The van der Waals surface area contributed by atoms with E-state index in [1.165, 1.54) is 6.42 Å². The van der Waals surface area contributed by atoms with Crippen molar-refractivity contribution in [1.29, 1.82) is 0 Å². The first kappa shape index (κ1) is 9.01. The van der Waals surface area contributed by atoms with E-state index in [4.69, 9.17) is 0 Å². The first-order valence-corrected chi connectivity index (χ1v) is 4.49. The summed E-state index contributed by atoms with van der Waals surface area (Å²) in [6.45, 7) is 5.29. The molecule has 0 saturated carbocycles. The van der Waals surface area contributed by atoms with Crippen molar-refractivity contribution in [2.45, 2.75) is 38.8 Å². The van der Waals surface area contributed by atoms with E-state index in [-0.39, 0.29) is 6.10 Å². The Morgan fingerprint density at radius 3 is 2.64 bits per heavy atom. The number of rotatable bonds is 1. The van der Waals surface area contributed by atoms with E-state index in [0.717, 1.165) is 18.9 Å². The standard InChI is InChI=1S/C9H19NO/c1-7-4-5-10(3)9(6-7)8(2)11/h7-9,11H,4-6H2,1-3H3. The van der Waals surface area contributed by atoms with Crippen LogP contribution >= 0.6 is 0 Å². The number of likely N-dealkylation sites (N-methyl/N-ethyl adjacent to an activating group) is 1. The van der Waals surface area contributed by atoms with Crippen molar-refractivity contribution in [1.82, 2.24) is 4.90 Å². The lowest BCUT2D eigenvalue weighted by Crippen LogP contribution is -2.45.